The van der Waals surface area contributed by atoms with E-state index >= 15 is 0 Å². The summed E-state index contributed by atoms with van der Waals surface area (Å²) < 4.78 is 0. The molecule has 0 aliphatic heterocycles. The van der Waals surface area contributed by atoms with E-state index in [1.807, 2.05) is 30.3 Å². The number of aromatic amines is 1. The zero-order valence-electron chi connectivity index (χ0n) is 10.6. The molecule has 0 unspecified atom stereocenters. The van der Waals surface area contributed by atoms with Crippen molar-refractivity contribution >= 4 is 11.6 Å². The van der Waals surface area contributed by atoms with Crippen LogP contribution >= 0.6 is 0 Å². The molecule has 5 nitrogen and oxygen atoms in total. The van der Waals surface area contributed by atoms with Crippen molar-refractivity contribution < 1.29 is 4.79 Å². The van der Waals surface area contributed by atoms with Crippen LogP contribution in [0.4, 0.5) is 5.69 Å². The van der Waals surface area contributed by atoms with Gasteiger partial charge in [0.15, 0.2) is 0 Å². The highest BCUT2D eigenvalue weighted by molar-refractivity contribution is 6.05. The molecule has 0 radical (unpaired) electrons. The fourth-order valence-electron chi connectivity index (χ4n) is 1.92. The lowest BCUT2D eigenvalue weighted by Crippen LogP contribution is -2.12. The van der Waals surface area contributed by atoms with Gasteiger partial charge in [0.1, 0.15) is 0 Å². The lowest BCUT2D eigenvalue weighted by Gasteiger charge is -2.09. The molecule has 0 bridgehead atoms. The number of rotatable bonds is 3. The Kier molecular flexibility index (Phi) is 3.24. The van der Waals surface area contributed by atoms with Crippen molar-refractivity contribution in [2.45, 2.75) is 0 Å². The van der Waals surface area contributed by atoms with Crippen LogP contribution in [0.1, 0.15) is 10.4 Å². The molecule has 1 aromatic carbocycles. The molecule has 1 amide bonds. The van der Waals surface area contributed by atoms with Crippen molar-refractivity contribution in [2.75, 3.05) is 5.32 Å². The maximum atomic E-state index is 12.2. The number of para-hydroxylation sites is 1. The van der Waals surface area contributed by atoms with Gasteiger partial charge in [-0.25, -0.2) is 0 Å². The minimum Gasteiger partial charge on any atom is -0.321 e. The van der Waals surface area contributed by atoms with Crippen LogP contribution in [0.3, 0.4) is 0 Å². The smallest absolute Gasteiger partial charge is 0.257 e. The van der Waals surface area contributed by atoms with Gasteiger partial charge in [0.05, 0.1) is 16.9 Å². The van der Waals surface area contributed by atoms with Crippen molar-refractivity contribution in [3.63, 3.8) is 0 Å². The molecular weight excluding hydrogens is 252 g/mol. The Hall–Kier alpha value is -2.95. The van der Waals surface area contributed by atoms with Crippen LogP contribution in [-0.4, -0.2) is 21.1 Å². The molecule has 0 saturated carbocycles. The number of amides is 1. The summed E-state index contributed by atoms with van der Waals surface area (Å²) in [7, 11) is 0. The summed E-state index contributed by atoms with van der Waals surface area (Å²) in [5, 5.41) is 9.71. The predicted molar refractivity (Wildman–Crippen MR) is 76.2 cm³/mol. The number of nitrogens with zero attached hydrogens (tertiary/aromatic N) is 2. The van der Waals surface area contributed by atoms with Gasteiger partial charge in [-0.15, -0.1) is 0 Å². The van der Waals surface area contributed by atoms with E-state index in [9.17, 15) is 4.79 Å². The van der Waals surface area contributed by atoms with Crippen LogP contribution in [0.25, 0.3) is 11.3 Å². The summed E-state index contributed by atoms with van der Waals surface area (Å²) in [6.45, 7) is 0. The average molecular weight is 264 g/mol. The van der Waals surface area contributed by atoms with Crippen LogP contribution in [0.2, 0.25) is 0 Å². The quantitative estimate of drug-likeness (QED) is 0.764. The van der Waals surface area contributed by atoms with Crippen LogP contribution < -0.4 is 5.32 Å². The zero-order valence-corrected chi connectivity index (χ0v) is 10.6. The van der Waals surface area contributed by atoms with Gasteiger partial charge in [-0.3, -0.25) is 14.9 Å². The Morgan fingerprint density at radius 3 is 2.70 bits per heavy atom. The van der Waals surface area contributed by atoms with E-state index in [2.05, 4.69) is 20.5 Å². The summed E-state index contributed by atoms with van der Waals surface area (Å²) >= 11 is 0. The Bertz CT molecular complexity index is 708. The first-order chi connectivity index (χ1) is 9.84. The maximum Gasteiger partial charge on any atom is 0.257 e. The molecule has 0 aliphatic carbocycles. The maximum absolute atomic E-state index is 12.2. The molecule has 3 aromatic rings. The summed E-state index contributed by atoms with van der Waals surface area (Å²) in [6, 6.07) is 12.9. The van der Waals surface area contributed by atoms with E-state index in [0.717, 1.165) is 16.9 Å². The normalized spacial score (nSPS) is 10.2. The van der Waals surface area contributed by atoms with E-state index < -0.39 is 0 Å². The molecule has 0 fully saturated rings. The summed E-state index contributed by atoms with van der Waals surface area (Å²) in [6.07, 6.45) is 4.85. The van der Waals surface area contributed by atoms with Gasteiger partial charge in [0.2, 0.25) is 0 Å². The number of hydrogen-bond donors (Lipinski definition) is 2. The SMILES string of the molecule is O=C(Nc1ccccc1-c1ccn[nH]1)c1cccnc1. The Labute approximate surface area is 115 Å². The minimum absolute atomic E-state index is 0.190. The molecule has 20 heavy (non-hydrogen) atoms. The number of H-pyrrole nitrogens is 1. The number of carbonyl (C=O) groups is 1. The van der Waals surface area contributed by atoms with Crippen LogP contribution in [-0.2, 0) is 0 Å². The first kappa shape index (κ1) is 12.1. The third-order valence-electron chi connectivity index (χ3n) is 2.89. The van der Waals surface area contributed by atoms with Crippen molar-refractivity contribution in [1.29, 1.82) is 0 Å². The lowest BCUT2D eigenvalue weighted by atomic mass is 10.1. The van der Waals surface area contributed by atoms with E-state index in [4.69, 9.17) is 0 Å². The summed E-state index contributed by atoms with van der Waals surface area (Å²) in [5.41, 5.74) is 2.99. The largest absolute Gasteiger partial charge is 0.321 e. The second-order valence-corrected chi connectivity index (χ2v) is 4.21. The molecular formula is C15H12N4O. The van der Waals surface area contributed by atoms with Gasteiger partial charge in [0, 0.05) is 24.2 Å². The second-order valence-electron chi connectivity index (χ2n) is 4.21. The number of nitrogens with one attached hydrogen (secondary N) is 2. The fraction of sp³-hybridized carbons (Fsp3) is 0. The third-order valence-corrected chi connectivity index (χ3v) is 2.89. The number of carbonyl (C=O) groups excluding carboxylic acids is 1. The van der Waals surface area contributed by atoms with E-state index in [-0.39, 0.29) is 5.91 Å². The van der Waals surface area contributed by atoms with Gasteiger partial charge in [0.25, 0.3) is 5.91 Å². The number of hydrogen-bond acceptors (Lipinski definition) is 3. The number of anilines is 1. The van der Waals surface area contributed by atoms with Gasteiger partial charge in [-0.2, -0.15) is 5.10 Å². The molecule has 0 atom stereocenters. The topological polar surface area (TPSA) is 70.7 Å². The first-order valence-electron chi connectivity index (χ1n) is 6.15. The zero-order chi connectivity index (χ0) is 13.8. The lowest BCUT2D eigenvalue weighted by molar-refractivity contribution is 0.102. The standard InChI is InChI=1S/C15H12N4O/c20-15(11-4-3-8-16-10-11)18-13-6-2-1-5-12(13)14-7-9-17-19-14/h1-10H,(H,17,19)(H,18,20). The molecule has 3 rings (SSSR count). The molecule has 5 heteroatoms. The number of pyridine rings is 1. The molecule has 98 valence electrons. The van der Waals surface area contributed by atoms with Gasteiger partial charge >= 0.3 is 0 Å². The van der Waals surface area contributed by atoms with E-state index in [1.165, 1.54) is 6.20 Å². The highest BCUT2D eigenvalue weighted by Crippen LogP contribution is 2.26. The number of aromatic nitrogens is 3. The van der Waals surface area contributed by atoms with Gasteiger partial charge in [-0.05, 0) is 24.3 Å². The third kappa shape index (κ3) is 2.42. The van der Waals surface area contributed by atoms with Crippen molar-refractivity contribution in [1.82, 2.24) is 15.2 Å². The molecule has 2 N–H and O–H groups in total. The van der Waals surface area contributed by atoms with Crippen LogP contribution in [0.15, 0.2) is 61.1 Å². The van der Waals surface area contributed by atoms with Gasteiger partial charge < -0.3 is 5.32 Å². The van der Waals surface area contributed by atoms with Crippen LogP contribution in [0.5, 0.6) is 0 Å². The molecule has 0 saturated heterocycles. The minimum atomic E-state index is -0.190. The van der Waals surface area contributed by atoms with Crippen LogP contribution in [0, 0.1) is 0 Å². The molecule has 2 aromatic heterocycles. The number of benzene rings is 1. The Morgan fingerprint density at radius 2 is 1.95 bits per heavy atom. The summed E-state index contributed by atoms with van der Waals surface area (Å²) in [4.78, 5) is 16.1. The predicted octanol–water partition coefficient (Wildman–Crippen LogP) is 2.72. The van der Waals surface area contributed by atoms with E-state index in [1.54, 1.807) is 24.5 Å². The van der Waals surface area contributed by atoms with Crippen molar-refractivity contribution in [3.8, 4) is 11.3 Å². The second kappa shape index (κ2) is 5.36. The van der Waals surface area contributed by atoms with Gasteiger partial charge in [-0.1, -0.05) is 18.2 Å². The Balaban J connectivity index is 1.90. The average Bonchev–Trinajstić information content (AvgIpc) is 3.03. The molecule has 0 spiro atoms. The first-order valence-corrected chi connectivity index (χ1v) is 6.15. The van der Waals surface area contributed by atoms with E-state index in [0.29, 0.717) is 5.56 Å². The summed E-state index contributed by atoms with van der Waals surface area (Å²) in [5.74, 6) is -0.190. The van der Waals surface area contributed by atoms with Crippen molar-refractivity contribution in [2.24, 2.45) is 0 Å². The monoisotopic (exact) mass is 264 g/mol. The highest BCUT2D eigenvalue weighted by atomic mass is 16.1. The van der Waals surface area contributed by atoms with Crippen molar-refractivity contribution in [3.05, 3.63) is 66.6 Å². The highest BCUT2D eigenvalue weighted by Gasteiger charge is 2.10. The Morgan fingerprint density at radius 1 is 1.05 bits per heavy atom. The fourth-order valence-corrected chi connectivity index (χ4v) is 1.92. The molecule has 0 aliphatic rings. The molecule has 2 heterocycles.